The molecule has 1 amide bonds. The van der Waals surface area contributed by atoms with Crippen molar-refractivity contribution in [3.8, 4) is 0 Å². The number of hydrogen-bond acceptors (Lipinski definition) is 3. The van der Waals surface area contributed by atoms with Crippen LogP contribution in [0.5, 0.6) is 0 Å². The SMILES string of the molecule is CNCC(=O)N(Cc1ccc(C)s1)C(C)C. The van der Waals surface area contributed by atoms with Crippen molar-refractivity contribution in [3.05, 3.63) is 21.9 Å². The first-order chi connectivity index (χ1) is 7.54. The summed E-state index contributed by atoms with van der Waals surface area (Å²) in [4.78, 5) is 16.3. The number of nitrogens with one attached hydrogen (secondary N) is 1. The monoisotopic (exact) mass is 240 g/mol. The Bertz CT molecular complexity index is 347. The van der Waals surface area contributed by atoms with Crippen LogP contribution >= 0.6 is 11.3 Å². The molecule has 0 radical (unpaired) electrons. The van der Waals surface area contributed by atoms with Crippen molar-refractivity contribution in [1.82, 2.24) is 10.2 Å². The van der Waals surface area contributed by atoms with E-state index in [9.17, 15) is 4.79 Å². The molecule has 1 rings (SSSR count). The lowest BCUT2D eigenvalue weighted by atomic mass is 10.3. The number of amides is 1. The second kappa shape index (κ2) is 6.01. The number of carbonyl (C=O) groups is 1. The fraction of sp³-hybridized carbons (Fsp3) is 0.583. The van der Waals surface area contributed by atoms with Gasteiger partial charge in [0.2, 0.25) is 5.91 Å². The molecular formula is C12H20N2OS. The van der Waals surface area contributed by atoms with Gasteiger partial charge in [0.25, 0.3) is 0 Å². The van der Waals surface area contributed by atoms with E-state index in [1.54, 1.807) is 18.4 Å². The number of hydrogen-bond donors (Lipinski definition) is 1. The molecule has 90 valence electrons. The lowest BCUT2D eigenvalue weighted by Crippen LogP contribution is -2.40. The van der Waals surface area contributed by atoms with Gasteiger partial charge in [0.15, 0.2) is 0 Å². The summed E-state index contributed by atoms with van der Waals surface area (Å²) >= 11 is 1.75. The number of nitrogens with zero attached hydrogens (tertiary/aromatic N) is 1. The van der Waals surface area contributed by atoms with Gasteiger partial charge in [-0.25, -0.2) is 0 Å². The van der Waals surface area contributed by atoms with Crippen molar-refractivity contribution < 1.29 is 4.79 Å². The summed E-state index contributed by atoms with van der Waals surface area (Å²) in [6, 6.07) is 4.44. The van der Waals surface area contributed by atoms with E-state index in [-0.39, 0.29) is 11.9 Å². The van der Waals surface area contributed by atoms with Crippen LogP contribution < -0.4 is 5.32 Å². The zero-order chi connectivity index (χ0) is 12.1. The van der Waals surface area contributed by atoms with E-state index in [2.05, 4.69) is 24.4 Å². The number of thiophene rings is 1. The first-order valence-corrected chi connectivity index (χ1v) is 6.35. The third-order valence-electron chi connectivity index (χ3n) is 2.39. The molecule has 0 bridgehead atoms. The summed E-state index contributed by atoms with van der Waals surface area (Å²) in [5, 5.41) is 2.91. The molecule has 1 heterocycles. The predicted octanol–water partition coefficient (Wildman–Crippen LogP) is 2.01. The molecule has 0 fully saturated rings. The minimum atomic E-state index is 0.156. The molecule has 0 aliphatic carbocycles. The zero-order valence-corrected chi connectivity index (χ0v) is 11.2. The van der Waals surface area contributed by atoms with Crippen LogP contribution in [0.25, 0.3) is 0 Å². The molecule has 4 heteroatoms. The lowest BCUT2D eigenvalue weighted by molar-refractivity contribution is -0.132. The summed E-state index contributed by atoms with van der Waals surface area (Å²) in [5.41, 5.74) is 0. The maximum Gasteiger partial charge on any atom is 0.237 e. The van der Waals surface area contributed by atoms with Gasteiger partial charge in [-0.05, 0) is 40.0 Å². The Balaban J connectivity index is 2.68. The normalized spacial score (nSPS) is 10.8. The fourth-order valence-corrected chi connectivity index (χ4v) is 2.44. The van der Waals surface area contributed by atoms with Crippen LogP contribution in [0.4, 0.5) is 0 Å². The largest absolute Gasteiger partial charge is 0.334 e. The molecule has 1 aromatic heterocycles. The quantitative estimate of drug-likeness (QED) is 0.854. The Morgan fingerprint density at radius 2 is 2.19 bits per heavy atom. The number of carbonyl (C=O) groups excluding carboxylic acids is 1. The van der Waals surface area contributed by atoms with Crippen LogP contribution in [-0.4, -0.2) is 30.4 Å². The van der Waals surface area contributed by atoms with E-state index >= 15 is 0 Å². The van der Waals surface area contributed by atoms with Gasteiger partial charge in [-0.15, -0.1) is 11.3 Å². The molecule has 0 unspecified atom stereocenters. The first kappa shape index (κ1) is 13.2. The number of rotatable bonds is 5. The molecule has 16 heavy (non-hydrogen) atoms. The lowest BCUT2D eigenvalue weighted by Gasteiger charge is -2.26. The van der Waals surface area contributed by atoms with Gasteiger partial charge in [-0.1, -0.05) is 0 Å². The maximum absolute atomic E-state index is 11.9. The van der Waals surface area contributed by atoms with Crippen LogP contribution in [0.15, 0.2) is 12.1 Å². The maximum atomic E-state index is 11.9. The summed E-state index contributed by atoms with van der Waals surface area (Å²) in [6.07, 6.45) is 0. The number of aryl methyl sites for hydroxylation is 1. The molecule has 0 saturated heterocycles. The van der Waals surface area contributed by atoms with E-state index in [0.717, 1.165) is 6.54 Å². The molecule has 1 N–H and O–H groups in total. The van der Waals surface area contributed by atoms with Crippen LogP contribution in [0.1, 0.15) is 23.6 Å². The van der Waals surface area contributed by atoms with E-state index in [1.165, 1.54) is 9.75 Å². The van der Waals surface area contributed by atoms with Crippen LogP contribution in [0.2, 0.25) is 0 Å². The second-order valence-corrected chi connectivity index (χ2v) is 5.53. The molecular weight excluding hydrogens is 220 g/mol. The average molecular weight is 240 g/mol. The Morgan fingerprint density at radius 3 is 2.62 bits per heavy atom. The van der Waals surface area contributed by atoms with E-state index in [4.69, 9.17) is 0 Å². The van der Waals surface area contributed by atoms with Crippen LogP contribution in [0, 0.1) is 6.92 Å². The van der Waals surface area contributed by atoms with Gasteiger partial charge >= 0.3 is 0 Å². The van der Waals surface area contributed by atoms with Crippen molar-refractivity contribution in [2.75, 3.05) is 13.6 Å². The highest BCUT2D eigenvalue weighted by atomic mass is 32.1. The van der Waals surface area contributed by atoms with E-state index < -0.39 is 0 Å². The fourth-order valence-electron chi connectivity index (χ4n) is 1.55. The van der Waals surface area contributed by atoms with Gasteiger partial charge < -0.3 is 10.2 Å². The average Bonchev–Trinajstić information content (AvgIpc) is 2.60. The summed E-state index contributed by atoms with van der Waals surface area (Å²) < 4.78 is 0. The van der Waals surface area contributed by atoms with E-state index in [1.807, 2.05) is 18.7 Å². The van der Waals surface area contributed by atoms with Gasteiger partial charge in [0, 0.05) is 15.8 Å². The summed E-state index contributed by atoms with van der Waals surface area (Å²) in [6.45, 7) is 7.31. The predicted molar refractivity (Wildman–Crippen MR) is 68.7 cm³/mol. The molecule has 0 saturated carbocycles. The van der Waals surface area contributed by atoms with Gasteiger partial charge in [-0.2, -0.15) is 0 Å². The van der Waals surface area contributed by atoms with Crippen LogP contribution in [0.3, 0.4) is 0 Å². The molecule has 0 aliphatic rings. The van der Waals surface area contributed by atoms with E-state index in [0.29, 0.717) is 6.54 Å². The molecule has 1 aromatic rings. The standard InChI is InChI=1S/C12H20N2OS/c1-9(2)14(12(15)7-13-4)8-11-6-5-10(3)16-11/h5-6,9,13H,7-8H2,1-4H3. The van der Waals surface area contributed by atoms with Gasteiger partial charge in [0.1, 0.15) is 0 Å². The third-order valence-corrected chi connectivity index (χ3v) is 3.38. The smallest absolute Gasteiger partial charge is 0.237 e. The zero-order valence-electron chi connectivity index (χ0n) is 10.4. The highest BCUT2D eigenvalue weighted by Crippen LogP contribution is 2.18. The van der Waals surface area contributed by atoms with Crippen molar-refractivity contribution in [2.24, 2.45) is 0 Å². The molecule has 0 aromatic carbocycles. The minimum Gasteiger partial charge on any atom is -0.334 e. The Morgan fingerprint density at radius 1 is 1.50 bits per heavy atom. The Labute approximate surface area is 101 Å². The first-order valence-electron chi connectivity index (χ1n) is 5.54. The summed E-state index contributed by atoms with van der Waals surface area (Å²) in [7, 11) is 1.80. The number of likely N-dealkylation sites (N-methyl/N-ethyl adjacent to an activating group) is 1. The van der Waals surface area contributed by atoms with Crippen molar-refractivity contribution in [2.45, 2.75) is 33.4 Å². The minimum absolute atomic E-state index is 0.156. The molecule has 3 nitrogen and oxygen atoms in total. The highest BCUT2D eigenvalue weighted by molar-refractivity contribution is 7.11. The van der Waals surface area contributed by atoms with Crippen molar-refractivity contribution >= 4 is 17.2 Å². The topological polar surface area (TPSA) is 32.3 Å². The van der Waals surface area contributed by atoms with Crippen molar-refractivity contribution in [3.63, 3.8) is 0 Å². The third kappa shape index (κ3) is 3.61. The Hall–Kier alpha value is -0.870. The highest BCUT2D eigenvalue weighted by Gasteiger charge is 2.16. The summed E-state index contributed by atoms with van der Waals surface area (Å²) in [5.74, 6) is 0.156. The van der Waals surface area contributed by atoms with Crippen molar-refractivity contribution in [1.29, 1.82) is 0 Å². The Kier molecular flexibility index (Phi) is 4.96. The van der Waals surface area contributed by atoms with Gasteiger partial charge in [-0.3, -0.25) is 4.79 Å². The van der Waals surface area contributed by atoms with Crippen LogP contribution in [-0.2, 0) is 11.3 Å². The second-order valence-electron chi connectivity index (χ2n) is 4.16. The molecule has 0 atom stereocenters. The molecule has 0 aliphatic heterocycles. The molecule has 0 spiro atoms. The van der Waals surface area contributed by atoms with Gasteiger partial charge in [0.05, 0.1) is 13.1 Å².